The van der Waals surface area contributed by atoms with Gasteiger partial charge in [-0.25, -0.2) is 4.79 Å². The highest BCUT2D eigenvalue weighted by Crippen LogP contribution is 1.98. The Bertz CT molecular complexity index is 248. The number of carboxylic acid groups (broad SMARTS) is 1. The molecule has 0 spiro atoms. The number of pyridine rings is 1. The molecular weight excluding hydrogens is 158 g/mol. The molecule has 1 aromatic heterocycles. The van der Waals surface area contributed by atoms with E-state index in [9.17, 15) is 4.79 Å². The van der Waals surface area contributed by atoms with Crippen LogP contribution < -0.4 is 0 Å². The normalized spacial score (nSPS) is 9.67. The van der Waals surface area contributed by atoms with Crippen LogP contribution in [0.5, 0.6) is 0 Å². The fourth-order valence-corrected chi connectivity index (χ4v) is 0.693. The second kappa shape index (κ2) is 4.46. The molecule has 0 fully saturated rings. The number of rotatable bonds is 4. The van der Waals surface area contributed by atoms with Crippen LogP contribution in [0, 0.1) is 6.61 Å². The van der Waals surface area contributed by atoms with Gasteiger partial charge >= 0.3 is 5.97 Å². The Kier molecular flexibility index (Phi) is 3.22. The maximum absolute atomic E-state index is 9.99. The van der Waals surface area contributed by atoms with Gasteiger partial charge < -0.3 is 9.84 Å². The maximum atomic E-state index is 9.99. The monoisotopic (exact) mass is 166 g/mol. The third kappa shape index (κ3) is 3.12. The van der Waals surface area contributed by atoms with Crippen LogP contribution in [0.4, 0.5) is 0 Å². The molecule has 1 N–H and O–H groups in total. The van der Waals surface area contributed by atoms with Crippen LogP contribution in [-0.4, -0.2) is 16.1 Å². The first-order chi connectivity index (χ1) is 5.79. The van der Waals surface area contributed by atoms with E-state index in [1.807, 2.05) is 6.07 Å². The van der Waals surface area contributed by atoms with Crippen molar-refractivity contribution < 1.29 is 14.6 Å². The predicted octanol–water partition coefficient (Wildman–Crippen LogP) is 0.845. The van der Waals surface area contributed by atoms with Gasteiger partial charge in [0.2, 0.25) is 0 Å². The molecule has 0 aliphatic heterocycles. The zero-order valence-corrected chi connectivity index (χ0v) is 6.30. The van der Waals surface area contributed by atoms with Gasteiger partial charge in [0.25, 0.3) is 0 Å². The minimum atomic E-state index is -1.08. The summed E-state index contributed by atoms with van der Waals surface area (Å²) in [6, 6.07) is 3.57. The molecule has 0 atom stereocenters. The molecule has 1 aromatic rings. The van der Waals surface area contributed by atoms with Crippen LogP contribution in [-0.2, 0) is 16.1 Å². The zero-order chi connectivity index (χ0) is 8.81. The van der Waals surface area contributed by atoms with Crippen molar-refractivity contribution in [2.75, 3.05) is 0 Å². The molecule has 63 valence electrons. The molecule has 0 aromatic carbocycles. The Hall–Kier alpha value is -1.42. The highest BCUT2D eigenvalue weighted by molar-refractivity contribution is 5.74. The van der Waals surface area contributed by atoms with E-state index >= 15 is 0 Å². The highest BCUT2D eigenvalue weighted by atomic mass is 16.5. The Morgan fingerprint density at radius 2 is 2.58 bits per heavy atom. The summed E-state index contributed by atoms with van der Waals surface area (Å²) in [6.45, 7) is 0.993. The smallest absolute Gasteiger partial charge is 0.336 e. The van der Waals surface area contributed by atoms with Crippen molar-refractivity contribution in [1.29, 1.82) is 0 Å². The van der Waals surface area contributed by atoms with Crippen LogP contribution in [0.25, 0.3) is 0 Å². The predicted molar refractivity (Wildman–Crippen MR) is 41.0 cm³/mol. The molecule has 0 amide bonds. The van der Waals surface area contributed by atoms with Gasteiger partial charge in [-0.3, -0.25) is 4.98 Å². The number of hydrogen-bond acceptors (Lipinski definition) is 3. The molecule has 0 unspecified atom stereocenters. The fourth-order valence-electron chi connectivity index (χ4n) is 0.693. The second-order valence-electron chi connectivity index (χ2n) is 2.13. The van der Waals surface area contributed by atoms with Crippen LogP contribution in [0.1, 0.15) is 5.56 Å². The molecular formula is C8H8NO3. The summed E-state index contributed by atoms with van der Waals surface area (Å²) in [5, 5.41) is 8.20. The summed E-state index contributed by atoms with van der Waals surface area (Å²) in [5.41, 5.74) is 0.843. The molecule has 1 heterocycles. The van der Waals surface area contributed by atoms with Crippen molar-refractivity contribution in [2.45, 2.75) is 6.61 Å². The van der Waals surface area contributed by atoms with Crippen molar-refractivity contribution in [2.24, 2.45) is 0 Å². The van der Waals surface area contributed by atoms with Gasteiger partial charge in [0.05, 0.1) is 6.61 Å². The molecule has 4 heteroatoms. The van der Waals surface area contributed by atoms with E-state index in [1.54, 1.807) is 18.5 Å². The molecule has 0 bridgehead atoms. The van der Waals surface area contributed by atoms with E-state index in [2.05, 4.69) is 4.98 Å². The Morgan fingerprint density at radius 1 is 1.75 bits per heavy atom. The van der Waals surface area contributed by atoms with Crippen molar-refractivity contribution >= 4 is 5.97 Å². The minimum Gasteiger partial charge on any atom is -0.479 e. The van der Waals surface area contributed by atoms with Crippen molar-refractivity contribution in [3.63, 3.8) is 0 Å². The van der Waals surface area contributed by atoms with Crippen LogP contribution in [0.15, 0.2) is 24.5 Å². The number of ether oxygens (including phenoxy) is 1. The summed E-state index contributed by atoms with van der Waals surface area (Å²) in [7, 11) is 0. The minimum absolute atomic E-state index is 0.236. The summed E-state index contributed by atoms with van der Waals surface area (Å²) in [6.07, 6.45) is 3.26. The van der Waals surface area contributed by atoms with E-state index in [-0.39, 0.29) is 6.61 Å². The highest BCUT2D eigenvalue weighted by Gasteiger charge is 1.97. The van der Waals surface area contributed by atoms with Gasteiger partial charge in [-0.15, -0.1) is 0 Å². The van der Waals surface area contributed by atoms with Crippen LogP contribution in [0.2, 0.25) is 0 Å². The second-order valence-corrected chi connectivity index (χ2v) is 2.13. The SMILES string of the molecule is O=C(O)[CH]OCc1cccnc1. The lowest BCUT2D eigenvalue weighted by Crippen LogP contribution is -2.00. The lowest BCUT2D eigenvalue weighted by molar-refractivity contribution is -0.137. The standard InChI is InChI=1S/C8H8NO3/c10-8(11)6-12-5-7-2-1-3-9-4-7/h1-4,6H,5H2,(H,10,11). The number of carboxylic acids is 1. The lowest BCUT2D eigenvalue weighted by Gasteiger charge is -1.98. The average molecular weight is 166 g/mol. The maximum Gasteiger partial charge on any atom is 0.336 e. The first-order valence-electron chi connectivity index (χ1n) is 3.35. The molecule has 1 radical (unpaired) electrons. The molecule has 1 rings (SSSR count). The van der Waals surface area contributed by atoms with Gasteiger partial charge in [0.15, 0.2) is 6.61 Å². The topological polar surface area (TPSA) is 59.4 Å². The Balaban J connectivity index is 2.29. The van der Waals surface area contributed by atoms with E-state index in [1.165, 1.54) is 0 Å². The lowest BCUT2D eigenvalue weighted by atomic mass is 10.3. The molecule has 12 heavy (non-hydrogen) atoms. The Morgan fingerprint density at radius 3 is 3.17 bits per heavy atom. The molecule has 0 aliphatic rings. The molecule has 0 saturated carbocycles. The van der Waals surface area contributed by atoms with Crippen LogP contribution >= 0.6 is 0 Å². The quantitative estimate of drug-likeness (QED) is 0.720. The van der Waals surface area contributed by atoms with E-state index in [0.29, 0.717) is 0 Å². The van der Waals surface area contributed by atoms with Gasteiger partial charge in [-0.2, -0.15) is 0 Å². The number of aromatic nitrogens is 1. The van der Waals surface area contributed by atoms with Crippen LogP contribution in [0.3, 0.4) is 0 Å². The first kappa shape index (κ1) is 8.67. The largest absolute Gasteiger partial charge is 0.479 e. The zero-order valence-electron chi connectivity index (χ0n) is 6.30. The van der Waals surface area contributed by atoms with E-state index in [0.717, 1.165) is 12.2 Å². The summed E-state index contributed by atoms with van der Waals surface area (Å²) >= 11 is 0. The third-order valence-electron chi connectivity index (χ3n) is 1.16. The fraction of sp³-hybridized carbons (Fsp3) is 0.125. The first-order valence-corrected chi connectivity index (χ1v) is 3.35. The molecule has 0 saturated heterocycles. The molecule has 0 aliphatic carbocycles. The van der Waals surface area contributed by atoms with Gasteiger partial charge in [0.1, 0.15) is 0 Å². The van der Waals surface area contributed by atoms with Gasteiger partial charge in [-0.1, -0.05) is 6.07 Å². The van der Waals surface area contributed by atoms with Gasteiger partial charge in [-0.05, 0) is 11.6 Å². The number of carbonyl (C=O) groups is 1. The number of aliphatic carboxylic acids is 1. The number of hydrogen-bond donors (Lipinski definition) is 1. The average Bonchev–Trinajstić information content (AvgIpc) is 2.05. The van der Waals surface area contributed by atoms with E-state index < -0.39 is 5.97 Å². The van der Waals surface area contributed by atoms with E-state index in [4.69, 9.17) is 9.84 Å². The Labute approximate surface area is 69.8 Å². The molecule has 4 nitrogen and oxygen atoms in total. The summed E-state index contributed by atoms with van der Waals surface area (Å²) in [5.74, 6) is -1.08. The summed E-state index contributed by atoms with van der Waals surface area (Å²) in [4.78, 5) is 13.8. The number of nitrogens with zero attached hydrogens (tertiary/aromatic N) is 1. The van der Waals surface area contributed by atoms with Gasteiger partial charge in [0, 0.05) is 12.4 Å². The van der Waals surface area contributed by atoms with Crippen molar-refractivity contribution in [1.82, 2.24) is 4.98 Å². The third-order valence-corrected chi connectivity index (χ3v) is 1.16. The van der Waals surface area contributed by atoms with Crippen molar-refractivity contribution in [3.05, 3.63) is 36.7 Å². The summed E-state index contributed by atoms with van der Waals surface area (Å²) < 4.78 is 4.72. The van der Waals surface area contributed by atoms with Crippen molar-refractivity contribution in [3.8, 4) is 0 Å².